The SMILES string of the molecule is CCCN(CC1CC1)C(=O)CC1CSCCN1. The van der Waals surface area contributed by atoms with Crippen LogP contribution < -0.4 is 5.32 Å². The number of carbonyl (C=O) groups is 1. The molecule has 1 saturated carbocycles. The van der Waals surface area contributed by atoms with Gasteiger partial charge in [0, 0.05) is 43.6 Å². The van der Waals surface area contributed by atoms with Gasteiger partial charge >= 0.3 is 0 Å². The van der Waals surface area contributed by atoms with Gasteiger partial charge in [-0.1, -0.05) is 6.92 Å². The van der Waals surface area contributed by atoms with Crippen LogP contribution in [0.4, 0.5) is 0 Å². The van der Waals surface area contributed by atoms with Crippen molar-refractivity contribution >= 4 is 17.7 Å². The van der Waals surface area contributed by atoms with Crippen LogP contribution in [-0.2, 0) is 4.79 Å². The predicted molar refractivity (Wildman–Crippen MR) is 73.3 cm³/mol. The van der Waals surface area contributed by atoms with E-state index >= 15 is 0 Å². The number of rotatable bonds is 6. The summed E-state index contributed by atoms with van der Waals surface area (Å²) in [6.45, 7) is 5.16. The first kappa shape index (κ1) is 13.2. The topological polar surface area (TPSA) is 32.3 Å². The van der Waals surface area contributed by atoms with Crippen LogP contribution in [0.5, 0.6) is 0 Å². The molecule has 0 radical (unpaired) electrons. The normalized spacial score (nSPS) is 24.6. The maximum atomic E-state index is 12.2. The average Bonchev–Trinajstić information content (AvgIpc) is 3.14. The van der Waals surface area contributed by atoms with E-state index in [-0.39, 0.29) is 0 Å². The van der Waals surface area contributed by atoms with E-state index in [4.69, 9.17) is 0 Å². The minimum absolute atomic E-state index is 0.360. The Bertz CT molecular complexity index is 250. The lowest BCUT2D eigenvalue weighted by atomic mass is 10.2. The molecular formula is C13H24N2OS. The first-order chi connectivity index (χ1) is 8.29. The number of thioether (sulfide) groups is 1. The molecule has 2 rings (SSSR count). The van der Waals surface area contributed by atoms with Crippen molar-refractivity contribution in [2.75, 3.05) is 31.1 Å². The minimum atomic E-state index is 0.360. The molecule has 0 aromatic heterocycles. The summed E-state index contributed by atoms with van der Waals surface area (Å²) in [5.74, 6) is 3.44. The summed E-state index contributed by atoms with van der Waals surface area (Å²) in [6.07, 6.45) is 4.42. The van der Waals surface area contributed by atoms with Crippen LogP contribution >= 0.6 is 11.8 Å². The van der Waals surface area contributed by atoms with Gasteiger partial charge in [-0.2, -0.15) is 11.8 Å². The molecule has 17 heavy (non-hydrogen) atoms. The average molecular weight is 256 g/mol. The van der Waals surface area contributed by atoms with E-state index < -0.39 is 0 Å². The van der Waals surface area contributed by atoms with Crippen molar-refractivity contribution in [2.24, 2.45) is 5.92 Å². The van der Waals surface area contributed by atoms with Crippen LogP contribution in [-0.4, -0.2) is 48.0 Å². The van der Waals surface area contributed by atoms with E-state index in [0.29, 0.717) is 18.4 Å². The predicted octanol–water partition coefficient (Wildman–Crippen LogP) is 1.73. The zero-order chi connectivity index (χ0) is 12.1. The van der Waals surface area contributed by atoms with Gasteiger partial charge in [-0.25, -0.2) is 0 Å². The molecule has 2 aliphatic rings. The van der Waals surface area contributed by atoms with Gasteiger partial charge in [0.1, 0.15) is 0 Å². The Labute approximate surface area is 109 Å². The number of hydrogen-bond donors (Lipinski definition) is 1. The van der Waals surface area contributed by atoms with E-state index in [1.165, 1.54) is 18.6 Å². The smallest absolute Gasteiger partial charge is 0.224 e. The molecule has 0 spiro atoms. The quantitative estimate of drug-likeness (QED) is 0.785. The fraction of sp³-hybridized carbons (Fsp3) is 0.923. The second-order valence-corrected chi connectivity index (χ2v) is 6.36. The molecule has 1 heterocycles. The van der Waals surface area contributed by atoms with Crippen LogP contribution in [0.15, 0.2) is 0 Å². The molecule has 0 aromatic rings. The summed E-state index contributed by atoms with van der Waals surface area (Å²) < 4.78 is 0. The maximum absolute atomic E-state index is 12.2. The summed E-state index contributed by atoms with van der Waals surface area (Å²) in [4.78, 5) is 14.3. The van der Waals surface area contributed by atoms with Gasteiger partial charge in [-0.3, -0.25) is 4.79 Å². The van der Waals surface area contributed by atoms with Crippen molar-refractivity contribution in [2.45, 2.75) is 38.6 Å². The molecule has 1 aliphatic heterocycles. The summed E-state index contributed by atoms with van der Waals surface area (Å²) in [5.41, 5.74) is 0. The van der Waals surface area contributed by atoms with E-state index in [1.54, 1.807) is 0 Å². The highest BCUT2D eigenvalue weighted by Crippen LogP contribution is 2.30. The first-order valence-electron chi connectivity index (χ1n) is 6.88. The Hall–Kier alpha value is -0.220. The molecule has 1 unspecified atom stereocenters. The van der Waals surface area contributed by atoms with E-state index in [1.807, 2.05) is 11.8 Å². The van der Waals surface area contributed by atoms with Gasteiger partial charge in [-0.15, -0.1) is 0 Å². The minimum Gasteiger partial charge on any atom is -0.342 e. The van der Waals surface area contributed by atoms with Crippen LogP contribution in [0, 0.1) is 5.92 Å². The lowest BCUT2D eigenvalue weighted by Crippen LogP contribution is -2.43. The lowest BCUT2D eigenvalue weighted by Gasteiger charge is -2.27. The summed E-state index contributed by atoms with van der Waals surface area (Å²) >= 11 is 1.96. The third-order valence-corrected chi connectivity index (χ3v) is 4.57. The molecule has 0 bridgehead atoms. The molecule has 2 fully saturated rings. The zero-order valence-corrected chi connectivity index (χ0v) is 11.6. The molecule has 1 aliphatic carbocycles. The number of nitrogens with one attached hydrogen (secondary N) is 1. The van der Waals surface area contributed by atoms with E-state index in [9.17, 15) is 4.79 Å². The molecule has 98 valence electrons. The fourth-order valence-corrected chi connectivity index (χ4v) is 3.24. The fourth-order valence-electron chi connectivity index (χ4n) is 2.29. The summed E-state index contributed by atoms with van der Waals surface area (Å²) in [7, 11) is 0. The first-order valence-corrected chi connectivity index (χ1v) is 8.04. The second kappa shape index (κ2) is 6.64. The Morgan fingerprint density at radius 2 is 2.29 bits per heavy atom. The third kappa shape index (κ3) is 4.51. The highest BCUT2D eigenvalue weighted by Gasteiger charge is 2.27. The monoisotopic (exact) mass is 256 g/mol. The Balaban J connectivity index is 1.77. The highest BCUT2D eigenvalue weighted by molar-refractivity contribution is 7.99. The van der Waals surface area contributed by atoms with Crippen LogP contribution in [0.3, 0.4) is 0 Å². The van der Waals surface area contributed by atoms with Gasteiger partial charge in [0.15, 0.2) is 0 Å². The Morgan fingerprint density at radius 1 is 1.47 bits per heavy atom. The molecule has 1 atom stereocenters. The van der Waals surface area contributed by atoms with Gasteiger partial charge < -0.3 is 10.2 Å². The van der Waals surface area contributed by atoms with Gasteiger partial charge in [-0.05, 0) is 25.2 Å². The molecular weight excluding hydrogens is 232 g/mol. The molecule has 3 nitrogen and oxygen atoms in total. The number of carbonyl (C=O) groups excluding carboxylic acids is 1. The van der Waals surface area contributed by atoms with Gasteiger partial charge in [0.2, 0.25) is 5.91 Å². The van der Waals surface area contributed by atoms with E-state index in [2.05, 4.69) is 17.1 Å². The molecule has 1 saturated heterocycles. The van der Waals surface area contributed by atoms with Gasteiger partial charge in [0.25, 0.3) is 0 Å². The molecule has 4 heteroatoms. The van der Waals surface area contributed by atoms with Crippen LogP contribution in [0.2, 0.25) is 0 Å². The van der Waals surface area contributed by atoms with Crippen molar-refractivity contribution < 1.29 is 4.79 Å². The van der Waals surface area contributed by atoms with Crippen molar-refractivity contribution in [1.29, 1.82) is 0 Å². The molecule has 0 aromatic carbocycles. The second-order valence-electron chi connectivity index (χ2n) is 5.21. The van der Waals surface area contributed by atoms with Crippen LogP contribution in [0.25, 0.3) is 0 Å². The Kier molecular flexibility index (Phi) is 5.16. The largest absolute Gasteiger partial charge is 0.342 e. The van der Waals surface area contributed by atoms with Crippen molar-refractivity contribution in [3.63, 3.8) is 0 Å². The number of nitrogens with zero attached hydrogens (tertiary/aromatic N) is 1. The van der Waals surface area contributed by atoms with E-state index in [0.717, 1.165) is 37.7 Å². The third-order valence-electron chi connectivity index (χ3n) is 3.44. The molecule has 1 amide bonds. The standard InChI is InChI=1S/C13H24N2OS/c1-2-6-15(9-11-3-4-11)13(16)8-12-10-17-7-5-14-12/h11-12,14H,2-10H2,1H3. The van der Waals surface area contributed by atoms with Crippen LogP contribution in [0.1, 0.15) is 32.6 Å². The Morgan fingerprint density at radius 3 is 2.88 bits per heavy atom. The summed E-state index contributed by atoms with van der Waals surface area (Å²) in [6, 6.07) is 0.403. The molecule has 1 N–H and O–H groups in total. The highest BCUT2D eigenvalue weighted by atomic mass is 32.2. The number of amides is 1. The van der Waals surface area contributed by atoms with Crippen molar-refractivity contribution in [1.82, 2.24) is 10.2 Å². The number of hydrogen-bond acceptors (Lipinski definition) is 3. The summed E-state index contributed by atoms with van der Waals surface area (Å²) in [5, 5.41) is 3.45. The van der Waals surface area contributed by atoms with Gasteiger partial charge in [0.05, 0.1) is 0 Å². The zero-order valence-electron chi connectivity index (χ0n) is 10.8. The maximum Gasteiger partial charge on any atom is 0.224 e. The van der Waals surface area contributed by atoms with Crippen molar-refractivity contribution in [3.05, 3.63) is 0 Å². The van der Waals surface area contributed by atoms with Crippen molar-refractivity contribution in [3.8, 4) is 0 Å². The lowest BCUT2D eigenvalue weighted by molar-refractivity contribution is -0.131.